The van der Waals surface area contributed by atoms with E-state index in [0.717, 1.165) is 14.7 Å². The summed E-state index contributed by atoms with van der Waals surface area (Å²) in [7, 11) is 0. The zero-order valence-corrected chi connectivity index (χ0v) is 21.1. The minimum atomic E-state index is -0.451. The predicted octanol–water partition coefficient (Wildman–Crippen LogP) is 6.38. The standard InChI is InChI=1S/C24H17BrClIN2O3/c25-19-10-17(11-20(26)22(19)32-14-16-6-8-18(27)9-7-16)12-21-23(30)29(24(31)28-21)13-15-4-2-1-3-5-15/h1-12H,13-14H2,(H,28,31)/b21-12+. The first-order chi connectivity index (χ1) is 15.4. The van der Waals surface area contributed by atoms with Gasteiger partial charge in [-0.05, 0) is 85.6 Å². The van der Waals surface area contributed by atoms with E-state index in [9.17, 15) is 9.59 Å². The maximum absolute atomic E-state index is 12.7. The van der Waals surface area contributed by atoms with E-state index in [0.29, 0.717) is 27.4 Å². The Kier molecular flexibility index (Phi) is 7.17. The van der Waals surface area contributed by atoms with Crippen molar-refractivity contribution in [1.82, 2.24) is 10.2 Å². The Morgan fingerprint density at radius 1 is 1.03 bits per heavy atom. The Morgan fingerprint density at radius 2 is 1.75 bits per heavy atom. The highest BCUT2D eigenvalue weighted by atomic mass is 127. The summed E-state index contributed by atoms with van der Waals surface area (Å²) in [6, 6.07) is 20.4. The third-order valence-electron chi connectivity index (χ3n) is 4.77. The van der Waals surface area contributed by atoms with Crippen LogP contribution in [0.3, 0.4) is 0 Å². The molecule has 0 bridgehead atoms. The molecule has 0 aromatic heterocycles. The molecule has 162 valence electrons. The van der Waals surface area contributed by atoms with Crippen molar-refractivity contribution in [3.8, 4) is 5.75 Å². The summed E-state index contributed by atoms with van der Waals surface area (Å²) in [6.07, 6.45) is 1.60. The van der Waals surface area contributed by atoms with Gasteiger partial charge < -0.3 is 10.1 Å². The molecule has 1 aliphatic heterocycles. The van der Waals surface area contributed by atoms with E-state index in [1.807, 2.05) is 54.6 Å². The molecule has 3 amide bonds. The molecule has 1 fully saturated rings. The zero-order valence-electron chi connectivity index (χ0n) is 16.6. The van der Waals surface area contributed by atoms with E-state index in [1.165, 1.54) is 4.90 Å². The van der Waals surface area contributed by atoms with Gasteiger partial charge in [-0.25, -0.2) is 4.79 Å². The number of ether oxygens (including phenoxy) is 1. The van der Waals surface area contributed by atoms with E-state index in [-0.39, 0.29) is 18.1 Å². The lowest BCUT2D eigenvalue weighted by Crippen LogP contribution is -2.30. The second-order valence-corrected chi connectivity index (χ2v) is 9.60. The molecular weight excluding hydrogens is 607 g/mol. The highest BCUT2D eigenvalue weighted by Gasteiger charge is 2.33. The number of rotatable bonds is 6. The van der Waals surface area contributed by atoms with Gasteiger partial charge in [-0.15, -0.1) is 0 Å². The summed E-state index contributed by atoms with van der Waals surface area (Å²) in [5, 5.41) is 3.03. The topological polar surface area (TPSA) is 58.6 Å². The van der Waals surface area contributed by atoms with Crippen molar-refractivity contribution in [2.45, 2.75) is 13.2 Å². The number of urea groups is 1. The fraction of sp³-hybridized carbons (Fsp3) is 0.0833. The molecule has 3 aromatic rings. The average molecular weight is 624 g/mol. The third-order valence-corrected chi connectivity index (χ3v) is 6.36. The van der Waals surface area contributed by atoms with Crippen molar-refractivity contribution in [3.05, 3.63) is 102 Å². The van der Waals surface area contributed by atoms with Crippen molar-refractivity contribution in [2.24, 2.45) is 0 Å². The maximum Gasteiger partial charge on any atom is 0.329 e. The van der Waals surface area contributed by atoms with Crippen LogP contribution in [0.5, 0.6) is 5.75 Å². The number of benzene rings is 3. The van der Waals surface area contributed by atoms with Crippen LogP contribution in [0.1, 0.15) is 16.7 Å². The molecule has 8 heteroatoms. The summed E-state index contributed by atoms with van der Waals surface area (Å²) in [4.78, 5) is 26.2. The van der Waals surface area contributed by atoms with Crippen LogP contribution in [0.25, 0.3) is 6.08 Å². The minimum absolute atomic E-state index is 0.196. The van der Waals surface area contributed by atoms with Crippen LogP contribution in [0.15, 0.2) is 76.9 Å². The molecule has 0 spiro atoms. The molecule has 1 N–H and O–H groups in total. The predicted molar refractivity (Wildman–Crippen MR) is 136 cm³/mol. The number of nitrogens with zero attached hydrogens (tertiary/aromatic N) is 1. The molecule has 4 rings (SSSR count). The van der Waals surface area contributed by atoms with Gasteiger partial charge in [0.05, 0.1) is 16.0 Å². The summed E-state index contributed by atoms with van der Waals surface area (Å²) >= 11 is 12.2. The first kappa shape index (κ1) is 22.8. The van der Waals surface area contributed by atoms with Gasteiger partial charge >= 0.3 is 6.03 Å². The number of halogens is 3. The van der Waals surface area contributed by atoms with Crippen LogP contribution in [-0.4, -0.2) is 16.8 Å². The maximum atomic E-state index is 12.7. The molecule has 3 aromatic carbocycles. The van der Waals surface area contributed by atoms with Gasteiger partial charge in [0.15, 0.2) is 5.75 Å². The van der Waals surface area contributed by atoms with Gasteiger partial charge in [0.2, 0.25) is 0 Å². The highest BCUT2D eigenvalue weighted by Crippen LogP contribution is 2.36. The summed E-state index contributed by atoms with van der Waals surface area (Å²) in [5.41, 5.74) is 2.75. The molecule has 32 heavy (non-hydrogen) atoms. The van der Waals surface area contributed by atoms with Crippen molar-refractivity contribution in [2.75, 3.05) is 0 Å². The molecular formula is C24H17BrClIN2O3. The number of hydrogen-bond acceptors (Lipinski definition) is 3. The van der Waals surface area contributed by atoms with Crippen molar-refractivity contribution < 1.29 is 14.3 Å². The van der Waals surface area contributed by atoms with Crippen molar-refractivity contribution >= 4 is 68.1 Å². The highest BCUT2D eigenvalue weighted by molar-refractivity contribution is 14.1. The molecule has 1 aliphatic rings. The molecule has 0 aliphatic carbocycles. The lowest BCUT2D eigenvalue weighted by Gasteiger charge is -2.12. The van der Waals surface area contributed by atoms with Gasteiger partial charge in [-0.2, -0.15) is 0 Å². The molecule has 0 atom stereocenters. The van der Waals surface area contributed by atoms with Gasteiger partial charge in [0.25, 0.3) is 5.91 Å². The lowest BCUT2D eigenvalue weighted by molar-refractivity contribution is -0.123. The summed E-state index contributed by atoms with van der Waals surface area (Å²) in [6.45, 7) is 0.581. The average Bonchev–Trinajstić information content (AvgIpc) is 3.02. The largest absolute Gasteiger partial charge is 0.486 e. The number of nitrogens with one attached hydrogen (secondary N) is 1. The van der Waals surface area contributed by atoms with E-state index in [4.69, 9.17) is 16.3 Å². The Morgan fingerprint density at radius 3 is 2.44 bits per heavy atom. The smallest absolute Gasteiger partial charge is 0.329 e. The van der Waals surface area contributed by atoms with Crippen molar-refractivity contribution in [3.63, 3.8) is 0 Å². The second-order valence-electron chi connectivity index (χ2n) is 7.09. The van der Waals surface area contributed by atoms with Crippen LogP contribution in [0, 0.1) is 3.57 Å². The van der Waals surface area contributed by atoms with Gasteiger partial charge in [0, 0.05) is 3.57 Å². The molecule has 0 unspecified atom stereocenters. The van der Waals surface area contributed by atoms with Crippen molar-refractivity contribution in [1.29, 1.82) is 0 Å². The molecule has 0 radical (unpaired) electrons. The minimum Gasteiger partial charge on any atom is -0.486 e. The van der Waals surface area contributed by atoms with E-state index < -0.39 is 6.03 Å². The Hall–Kier alpha value is -2.36. The van der Waals surface area contributed by atoms with Gasteiger partial charge in [0.1, 0.15) is 12.3 Å². The second kappa shape index (κ2) is 10.1. The first-order valence-electron chi connectivity index (χ1n) is 9.65. The molecule has 1 heterocycles. The monoisotopic (exact) mass is 622 g/mol. The van der Waals surface area contributed by atoms with E-state index >= 15 is 0 Å². The van der Waals surface area contributed by atoms with Gasteiger partial charge in [-0.3, -0.25) is 9.69 Å². The first-order valence-corrected chi connectivity index (χ1v) is 11.9. The lowest BCUT2D eigenvalue weighted by atomic mass is 10.1. The Balaban J connectivity index is 1.49. The normalized spacial score (nSPS) is 14.7. The summed E-state index contributed by atoms with van der Waals surface area (Å²) < 4.78 is 7.70. The quantitative estimate of drug-likeness (QED) is 0.197. The number of hydrogen-bond donors (Lipinski definition) is 1. The zero-order chi connectivity index (χ0) is 22.7. The number of carbonyl (C=O) groups is 2. The fourth-order valence-electron chi connectivity index (χ4n) is 3.18. The van der Waals surface area contributed by atoms with Crippen LogP contribution in [-0.2, 0) is 17.9 Å². The number of imide groups is 1. The number of amides is 3. The van der Waals surface area contributed by atoms with Gasteiger partial charge in [-0.1, -0.05) is 54.1 Å². The van der Waals surface area contributed by atoms with Crippen LogP contribution < -0.4 is 10.1 Å². The SMILES string of the molecule is O=C1N/C(=C/c2cc(Cl)c(OCc3ccc(I)cc3)c(Br)c2)C(=O)N1Cc1ccccc1. The van der Waals surface area contributed by atoms with Crippen LogP contribution in [0.2, 0.25) is 5.02 Å². The Bertz CT molecular complexity index is 1180. The Labute approximate surface area is 212 Å². The molecule has 0 saturated carbocycles. The fourth-order valence-corrected chi connectivity index (χ4v) is 4.53. The van der Waals surface area contributed by atoms with Crippen LogP contribution >= 0.6 is 50.1 Å². The van der Waals surface area contributed by atoms with E-state index in [1.54, 1.807) is 18.2 Å². The molecule has 5 nitrogen and oxygen atoms in total. The van der Waals surface area contributed by atoms with Crippen LogP contribution in [0.4, 0.5) is 4.79 Å². The van der Waals surface area contributed by atoms with E-state index in [2.05, 4.69) is 43.8 Å². The third kappa shape index (κ3) is 5.33. The molecule has 1 saturated heterocycles. The summed E-state index contributed by atoms with van der Waals surface area (Å²) in [5.74, 6) is 0.130. The number of carbonyl (C=O) groups excluding carboxylic acids is 2.